The van der Waals surface area contributed by atoms with Gasteiger partial charge in [-0.1, -0.05) is 0 Å². The average molecular weight is 331 g/mol. The van der Waals surface area contributed by atoms with Crippen molar-refractivity contribution >= 4 is 11.5 Å². The van der Waals surface area contributed by atoms with Crippen LogP contribution in [0.15, 0.2) is 42.5 Å². The van der Waals surface area contributed by atoms with Gasteiger partial charge in [0.15, 0.2) is 17.6 Å². The molecule has 126 valence electrons. The van der Waals surface area contributed by atoms with E-state index in [0.29, 0.717) is 17.1 Å². The van der Waals surface area contributed by atoms with Gasteiger partial charge in [0.25, 0.3) is 5.69 Å². The molecule has 24 heavy (non-hydrogen) atoms. The maximum absolute atomic E-state index is 12.4. The highest BCUT2D eigenvalue weighted by atomic mass is 16.6. The predicted molar refractivity (Wildman–Crippen MR) is 87.1 cm³/mol. The molecular weight excluding hydrogens is 314 g/mol. The van der Waals surface area contributed by atoms with Gasteiger partial charge in [0, 0.05) is 11.6 Å². The fourth-order valence-corrected chi connectivity index (χ4v) is 2.11. The van der Waals surface area contributed by atoms with E-state index in [-0.39, 0.29) is 17.2 Å². The lowest BCUT2D eigenvalue weighted by Gasteiger charge is -2.16. The SMILES string of the molecule is COc1ccc(C(=O)C(C)Oc2cc([N+](=O)[O-])ccc2OC)cc1. The number of rotatable bonds is 7. The van der Waals surface area contributed by atoms with Crippen LogP contribution >= 0.6 is 0 Å². The number of nitrogens with zero attached hydrogens (tertiary/aromatic N) is 1. The number of ether oxygens (including phenoxy) is 3. The van der Waals surface area contributed by atoms with Crippen LogP contribution in [0.25, 0.3) is 0 Å². The van der Waals surface area contributed by atoms with Crippen LogP contribution in [-0.2, 0) is 0 Å². The first-order chi connectivity index (χ1) is 11.5. The zero-order valence-electron chi connectivity index (χ0n) is 13.5. The van der Waals surface area contributed by atoms with E-state index in [1.807, 2.05) is 0 Å². The van der Waals surface area contributed by atoms with Crippen molar-refractivity contribution in [2.75, 3.05) is 14.2 Å². The molecule has 0 aromatic heterocycles. The summed E-state index contributed by atoms with van der Waals surface area (Å²) in [7, 11) is 2.96. The van der Waals surface area contributed by atoms with Crippen LogP contribution < -0.4 is 14.2 Å². The Labute approximate surface area is 138 Å². The third-order valence-corrected chi connectivity index (χ3v) is 3.41. The second-order valence-electron chi connectivity index (χ2n) is 4.95. The molecule has 0 heterocycles. The number of non-ortho nitro benzene ring substituents is 1. The van der Waals surface area contributed by atoms with Crippen LogP contribution in [-0.4, -0.2) is 31.0 Å². The summed E-state index contributed by atoms with van der Waals surface area (Å²) in [5, 5.41) is 10.9. The highest BCUT2D eigenvalue weighted by Crippen LogP contribution is 2.32. The van der Waals surface area contributed by atoms with Gasteiger partial charge in [-0.05, 0) is 37.3 Å². The number of hydrogen-bond acceptors (Lipinski definition) is 6. The molecule has 2 rings (SSSR count). The quantitative estimate of drug-likeness (QED) is 0.439. The first kappa shape index (κ1) is 17.3. The van der Waals surface area contributed by atoms with Crippen molar-refractivity contribution in [1.29, 1.82) is 0 Å². The molecule has 2 aromatic rings. The minimum Gasteiger partial charge on any atom is -0.497 e. The lowest BCUT2D eigenvalue weighted by Crippen LogP contribution is -2.24. The Balaban J connectivity index is 2.21. The fraction of sp³-hybridized carbons (Fsp3) is 0.235. The number of nitro benzene ring substituents is 1. The lowest BCUT2D eigenvalue weighted by atomic mass is 10.1. The van der Waals surface area contributed by atoms with Crippen LogP contribution in [0.3, 0.4) is 0 Å². The van der Waals surface area contributed by atoms with Crippen molar-refractivity contribution in [1.82, 2.24) is 0 Å². The molecule has 0 amide bonds. The van der Waals surface area contributed by atoms with E-state index in [1.165, 1.54) is 32.4 Å². The molecule has 0 radical (unpaired) electrons. The number of ketones is 1. The van der Waals surface area contributed by atoms with Crippen LogP contribution in [0, 0.1) is 10.1 Å². The van der Waals surface area contributed by atoms with E-state index in [1.54, 1.807) is 31.2 Å². The molecule has 0 aliphatic carbocycles. The highest BCUT2D eigenvalue weighted by Gasteiger charge is 2.20. The van der Waals surface area contributed by atoms with Gasteiger partial charge in [-0.15, -0.1) is 0 Å². The summed E-state index contributed by atoms with van der Waals surface area (Å²) in [4.78, 5) is 22.8. The number of benzene rings is 2. The highest BCUT2D eigenvalue weighted by molar-refractivity contribution is 5.99. The van der Waals surface area contributed by atoms with Crippen molar-refractivity contribution in [3.8, 4) is 17.2 Å². The van der Waals surface area contributed by atoms with Crippen molar-refractivity contribution < 1.29 is 23.9 Å². The zero-order valence-corrected chi connectivity index (χ0v) is 13.5. The van der Waals surface area contributed by atoms with Gasteiger partial charge in [0.1, 0.15) is 5.75 Å². The minimum absolute atomic E-state index is 0.140. The number of Topliss-reactive ketones (excluding diaryl/α,β-unsaturated/α-hetero) is 1. The summed E-state index contributed by atoms with van der Waals surface area (Å²) < 4.78 is 15.8. The largest absolute Gasteiger partial charge is 0.497 e. The van der Waals surface area contributed by atoms with Gasteiger partial charge in [-0.3, -0.25) is 14.9 Å². The Morgan fingerprint density at radius 1 is 1.04 bits per heavy atom. The molecule has 7 heteroatoms. The average Bonchev–Trinajstić information content (AvgIpc) is 2.60. The van der Waals surface area contributed by atoms with E-state index in [2.05, 4.69) is 0 Å². The molecule has 1 atom stereocenters. The van der Waals surface area contributed by atoms with E-state index in [4.69, 9.17) is 14.2 Å². The van der Waals surface area contributed by atoms with Gasteiger partial charge in [0.05, 0.1) is 25.2 Å². The smallest absolute Gasteiger partial charge is 0.273 e. The Morgan fingerprint density at radius 2 is 1.71 bits per heavy atom. The third-order valence-electron chi connectivity index (χ3n) is 3.41. The van der Waals surface area contributed by atoms with E-state index >= 15 is 0 Å². The summed E-state index contributed by atoms with van der Waals surface area (Å²) in [5.74, 6) is 0.836. The monoisotopic (exact) mass is 331 g/mol. The van der Waals surface area contributed by atoms with Crippen molar-refractivity contribution in [2.45, 2.75) is 13.0 Å². The molecule has 0 spiro atoms. The number of hydrogen-bond donors (Lipinski definition) is 0. The maximum atomic E-state index is 12.4. The maximum Gasteiger partial charge on any atom is 0.273 e. The number of methoxy groups -OCH3 is 2. The van der Waals surface area contributed by atoms with Gasteiger partial charge in [-0.2, -0.15) is 0 Å². The molecule has 0 aliphatic heterocycles. The third kappa shape index (κ3) is 3.81. The van der Waals surface area contributed by atoms with Crippen molar-refractivity contribution in [2.24, 2.45) is 0 Å². The summed E-state index contributed by atoms with van der Waals surface area (Å²) in [5.41, 5.74) is 0.308. The molecule has 0 fully saturated rings. The molecule has 1 unspecified atom stereocenters. The predicted octanol–water partition coefficient (Wildman–Crippen LogP) is 3.26. The molecule has 0 bridgehead atoms. The summed E-state index contributed by atoms with van der Waals surface area (Å²) in [6.45, 7) is 1.57. The first-order valence-electron chi connectivity index (χ1n) is 7.13. The van der Waals surface area contributed by atoms with Gasteiger partial charge >= 0.3 is 0 Å². The standard InChI is InChI=1S/C17H17NO6/c1-11(17(19)12-4-7-14(22-2)8-5-12)24-16-10-13(18(20)21)6-9-15(16)23-3/h4-11H,1-3H3. The first-order valence-corrected chi connectivity index (χ1v) is 7.13. The van der Waals surface area contributed by atoms with E-state index < -0.39 is 11.0 Å². The van der Waals surface area contributed by atoms with Crippen LogP contribution in [0.1, 0.15) is 17.3 Å². The number of nitro groups is 1. The number of carbonyl (C=O) groups excluding carboxylic acids is 1. The second kappa shape index (κ2) is 7.45. The van der Waals surface area contributed by atoms with E-state index in [0.717, 1.165) is 0 Å². The molecule has 0 aliphatic rings. The Bertz CT molecular complexity index is 741. The molecule has 2 aromatic carbocycles. The molecule has 0 N–H and O–H groups in total. The van der Waals surface area contributed by atoms with Gasteiger partial charge in [0.2, 0.25) is 5.78 Å². The lowest BCUT2D eigenvalue weighted by molar-refractivity contribution is -0.385. The molecule has 0 saturated heterocycles. The summed E-state index contributed by atoms with van der Waals surface area (Å²) >= 11 is 0. The Kier molecular flexibility index (Phi) is 5.36. The van der Waals surface area contributed by atoms with Crippen LogP contribution in [0.5, 0.6) is 17.2 Å². The molecule has 0 saturated carbocycles. The fourth-order valence-electron chi connectivity index (χ4n) is 2.11. The Hall–Kier alpha value is -3.09. The minimum atomic E-state index is -0.839. The second-order valence-corrected chi connectivity index (χ2v) is 4.95. The van der Waals surface area contributed by atoms with Gasteiger partial charge < -0.3 is 14.2 Å². The van der Waals surface area contributed by atoms with Crippen LogP contribution in [0.4, 0.5) is 5.69 Å². The normalized spacial score (nSPS) is 11.5. The van der Waals surface area contributed by atoms with Crippen molar-refractivity contribution in [3.63, 3.8) is 0 Å². The molecular formula is C17H17NO6. The molecule has 7 nitrogen and oxygen atoms in total. The Morgan fingerprint density at radius 3 is 2.25 bits per heavy atom. The van der Waals surface area contributed by atoms with Crippen molar-refractivity contribution in [3.05, 3.63) is 58.1 Å². The summed E-state index contributed by atoms with van der Waals surface area (Å²) in [6.07, 6.45) is -0.839. The van der Waals surface area contributed by atoms with E-state index in [9.17, 15) is 14.9 Å². The van der Waals surface area contributed by atoms with Crippen LogP contribution in [0.2, 0.25) is 0 Å². The topological polar surface area (TPSA) is 87.9 Å². The van der Waals surface area contributed by atoms with Gasteiger partial charge in [-0.25, -0.2) is 0 Å². The zero-order chi connectivity index (χ0) is 17.7. The number of carbonyl (C=O) groups is 1. The summed E-state index contributed by atoms with van der Waals surface area (Å²) in [6, 6.07) is 10.6.